The molecule has 0 spiro atoms. The highest BCUT2D eigenvalue weighted by atomic mass is 79.9. The second-order valence-electron chi connectivity index (χ2n) is 3.84. The molecule has 19 heavy (non-hydrogen) atoms. The van der Waals surface area contributed by atoms with Crippen LogP contribution >= 0.6 is 15.9 Å². The Kier molecular flexibility index (Phi) is 4.10. The third kappa shape index (κ3) is 3.28. The Morgan fingerprint density at radius 2 is 2.26 bits per heavy atom. The first kappa shape index (κ1) is 13.5. The minimum atomic E-state index is -0.447. The monoisotopic (exact) mass is 326 g/mol. The third-order valence-corrected chi connectivity index (χ3v) is 3.04. The fraction of sp³-hybridized carbons (Fsp3) is 0.273. The molecular formula is C11H11BrN4O3. The second-order valence-corrected chi connectivity index (χ2v) is 4.40. The zero-order chi connectivity index (χ0) is 13.8. The summed E-state index contributed by atoms with van der Waals surface area (Å²) in [6.07, 6.45) is 1.78. The SMILES string of the molecule is COc1cc(Cn2cc(CBr)nn2)cc([N+](=O)[O-])c1. The summed E-state index contributed by atoms with van der Waals surface area (Å²) >= 11 is 3.28. The number of ether oxygens (including phenoxy) is 1. The molecule has 0 aliphatic carbocycles. The first-order chi connectivity index (χ1) is 9.12. The number of aromatic nitrogens is 3. The number of alkyl halides is 1. The average Bonchev–Trinajstić information content (AvgIpc) is 2.85. The first-order valence-corrected chi connectivity index (χ1v) is 6.52. The Bertz CT molecular complexity index is 599. The molecule has 0 saturated heterocycles. The molecule has 1 heterocycles. The van der Waals surface area contributed by atoms with Gasteiger partial charge in [0.2, 0.25) is 0 Å². The van der Waals surface area contributed by atoms with Crippen molar-refractivity contribution in [3.63, 3.8) is 0 Å². The predicted molar refractivity (Wildman–Crippen MR) is 71.4 cm³/mol. The lowest BCUT2D eigenvalue weighted by Crippen LogP contribution is -2.02. The summed E-state index contributed by atoms with van der Waals surface area (Å²) in [6.45, 7) is 0.401. The summed E-state index contributed by atoms with van der Waals surface area (Å²) in [6, 6.07) is 4.62. The van der Waals surface area contributed by atoms with E-state index < -0.39 is 4.92 Å². The number of methoxy groups -OCH3 is 1. The number of halogens is 1. The van der Waals surface area contributed by atoms with E-state index in [1.54, 1.807) is 16.9 Å². The number of benzene rings is 1. The average molecular weight is 327 g/mol. The van der Waals surface area contributed by atoms with Crippen LogP contribution in [0, 0.1) is 10.1 Å². The minimum Gasteiger partial charge on any atom is -0.496 e. The summed E-state index contributed by atoms with van der Waals surface area (Å²) in [5, 5.41) is 19.3. The van der Waals surface area contributed by atoms with E-state index >= 15 is 0 Å². The number of nitrogens with zero attached hydrogens (tertiary/aromatic N) is 4. The fourth-order valence-electron chi connectivity index (χ4n) is 1.62. The van der Waals surface area contributed by atoms with Crippen molar-refractivity contribution in [2.75, 3.05) is 7.11 Å². The highest BCUT2D eigenvalue weighted by Gasteiger charge is 2.11. The molecule has 0 aliphatic heterocycles. The van der Waals surface area contributed by atoms with E-state index in [1.807, 2.05) is 0 Å². The van der Waals surface area contributed by atoms with Crippen LogP contribution in [0.1, 0.15) is 11.3 Å². The molecule has 0 saturated carbocycles. The van der Waals surface area contributed by atoms with Crippen LogP contribution in [0.3, 0.4) is 0 Å². The van der Waals surface area contributed by atoms with E-state index in [9.17, 15) is 10.1 Å². The number of hydrogen-bond acceptors (Lipinski definition) is 5. The van der Waals surface area contributed by atoms with Gasteiger partial charge in [0, 0.05) is 17.6 Å². The molecule has 2 rings (SSSR count). The van der Waals surface area contributed by atoms with Crippen LogP contribution in [0.25, 0.3) is 0 Å². The van der Waals surface area contributed by atoms with Gasteiger partial charge in [-0.05, 0) is 11.6 Å². The minimum absolute atomic E-state index is 0.00446. The Morgan fingerprint density at radius 1 is 1.47 bits per heavy atom. The Balaban J connectivity index is 2.28. The molecule has 2 aromatic rings. The maximum Gasteiger partial charge on any atom is 0.273 e. The highest BCUT2D eigenvalue weighted by molar-refractivity contribution is 9.08. The lowest BCUT2D eigenvalue weighted by molar-refractivity contribution is -0.385. The third-order valence-electron chi connectivity index (χ3n) is 2.47. The number of rotatable bonds is 5. The molecule has 0 unspecified atom stereocenters. The van der Waals surface area contributed by atoms with E-state index in [0.29, 0.717) is 17.6 Å². The largest absolute Gasteiger partial charge is 0.496 e. The van der Waals surface area contributed by atoms with E-state index in [0.717, 1.165) is 11.3 Å². The molecule has 0 amide bonds. The Labute approximate surface area is 117 Å². The normalized spacial score (nSPS) is 10.4. The zero-order valence-corrected chi connectivity index (χ0v) is 11.7. The summed E-state index contributed by atoms with van der Waals surface area (Å²) in [5.41, 5.74) is 1.53. The van der Waals surface area contributed by atoms with Crippen LogP contribution in [0.15, 0.2) is 24.4 Å². The summed E-state index contributed by atoms with van der Waals surface area (Å²) in [4.78, 5) is 10.4. The van der Waals surface area contributed by atoms with Gasteiger partial charge in [0.1, 0.15) is 5.75 Å². The van der Waals surface area contributed by atoms with Gasteiger partial charge in [0.15, 0.2) is 0 Å². The zero-order valence-electron chi connectivity index (χ0n) is 10.1. The maximum atomic E-state index is 10.8. The van der Waals surface area contributed by atoms with Gasteiger partial charge in [-0.1, -0.05) is 21.1 Å². The van der Waals surface area contributed by atoms with Crippen molar-refractivity contribution in [1.29, 1.82) is 0 Å². The number of hydrogen-bond donors (Lipinski definition) is 0. The molecule has 0 aliphatic rings. The smallest absolute Gasteiger partial charge is 0.273 e. The van der Waals surface area contributed by atoms with Crippen LogP contribution in [0.5, 0.6) is 5.75 Å². The lowest BCUT2D eigenvalue weighted by Gasteiger charge is -2.05. The Morgan fingerprint density at radius 3 is 2.84 bits per heavy atom. The van der Waals surface area contributed by atoms with Crippen molar-refractivity contribution in [1.82, 2.24) is 15.0 Å². The van der Waals surface area contributed by atoms with Crippen molar-refractivity contribution >= 4 is 21.6 Å². The lowest BCUT2D eigenvalue weighted by atomic mass is 10.2. The van der Waals surface area contributed by atoms with Crippen LogP contribution in [0.4, 0.5) is 5.69 Å². The number of non-ortho nitro benzene ring substituents is 1. The molecule has 0 bridgehead atoms. The standard InChI is InChI=1S/C11H11BrN4O3/c1-19-11-3-8(2-10(4-11)16(17)18)6-15-7-9(5-12)13-14-15/h2-4,7H,5-6H2,1H3. The predicted octanol–water partition coefficient (Wildman–Crippen LogP) is 2.14. The van der Waals surface area contributed by atoms with Crippen molar-refractivity contribution in [3.8, 4) is 5.75 Å². The molecule has 100 valence electrons. The molecular weight excluding hydrogens is 316 g/mol. The van der Waals surface area contributed by atoms with Crippen molar-refractivity contribution in [3.05, 3.63) is 45.8 Å². The molecule has 1 aromatic heterocycles. The Hall–Kier alpha value is -1.96. The number of nitro groups is 1. The van der Waals surface area contributed by atoms with Crippen molar-refractivity contribution < 1.29 is 9.66 Å². The second kappa shape index (κ2) is 5.79. The van der Waals surface area contributed by atoms with Crippen molar-refractivity contribution in [2.45, 2.75) is 11.9 Å². The van der Waals surface area contributed by atoms with Gasteiger partial charge in [-0.3, -0.25) is 10.1 Å². The summed E-state index contributed by atoms with van der Waals surface area (Å²) in [5.74, 6) is 0.449. The van der Waals surface area contributed by atoms with Crippen LogP contribution in [-0.4, -0.2) is 27.0 Å². The molecule has 0 radical (unpaired) electrons. The van der Waals surface area contributed by atoms with Gasteiger partial charge in [-0.25, -0.2) is 4.68 Å². The van der Waals surface area contributed by atoms with Crippen LogP contribution in [-0.2, 0) is 11.9 Å². The van der Waals surface area contributed by atoms with E-state index in [1.165, 1.54) is 19.2 Å². The summed E-state index contributed by atoms with van der Waals surface area (Å²) < 4.78 is 6.67. The molecule has 0 atom stereocenters. The quantitative estimate of drug-likeness (QED) is 0.477. The summed E-state index contributed by atoms with van der Waals surface area (Å²) in [7, 11) is 1.47. The van der Waals surface area contributed by atoms with Gasteiger partial charge >= 0.3 is 0 Å². The van der Waals surface area contributed by atoms with E-state index in [-0.39, 0.29) is 5.69 Å². The van der Waals surface area contributed by atoms with Gasteiger partial charge in [-0.15, -0.1) is 5.10 Å². The molecule has 1 aromatic carbocycles. The molecule has 0 fully saturated rings. The topological polar surface area (TPSA) is 83.1 Å². The van der Waals surface area contributed by atoms with Gasteiger partial charge in [-0.2, -0.15) is 0 Å². The first-order valence-electron chi connectivity index (χ1n) is 5.39. The van der Waals surface area contributed by atoms with Gasteiger partial charge in [0.25, 0.3) is 5.69 Å². The van der Waals surface area contributed by atoms with Crippen molar-refractivity contribution in [2.24, 2.45) is 0 Å². The van der Waals surface area contributed by atoms with Crippen LogP contribution < -0.4 is 4.74 Å². The number of nitro benzene ring substituents is 1. The van der Waals surface area contributed by atoms with Crippen LogP contribution in [0.2, 0.25) is 0 Å². The molecule has 7 nitrogen and oxygen atoms in total. The van der Waals surface area contributed by atoms with E-state index in [4.69, 9.17) is 4.74 Å². The molecule has 8 heteroatoms. The van der Waals surface area contributed by atoms with Gasteiger partial charge < -0.3 is 4.74 Å². The maximum absolute atomic E-state index is 10.8. The molecule has 0 N–H and O–H groups in total. The highest BCUT2D eigenvalue weighted by Crippen LogP contribution is 2.23. The fourth-order valence-corrected chi connectivity index (χ4v) is 1.88. The van der Waals surface area contributed by atoms with E-state index in [2.05, 4.69) is 26.2 Å². The van der Waals surface area contributed by atoms with Gasteiger partial charge in [0.05, 0.1) is 30.3 Å².